The number of fused-ring (bicyclic) bond motifs is 1. The van der Waals surface area contributed by atoms with Crippen LogP contribution in [0.15, 0.2) is 57.4 Å². The fourth-order valence-corrected chi connectivity index (χ4v) is 3.10. The molecule has 1 N–H and O–H groups in total. The standard InChI is InChI=1S/C16H13BrClNO/c1-19-16(14-8-9-15(18)20-14)12-6-7-13(17)11-5-3-2-4-10(11)12/h2-9,16,19H,1H3. The van der Waals surface area contributed by atoms with Gasteiger partial charge in [-0.2, -0.15) is 0 Å². The Morgan fingerprint density at radius 1 is 1.05 bits per heavy atom. The second kappa shape index (κ2) is 5.60. The van der Waals surface area contributed by atoms with Gasteiger partial charge in [0, 0.05) is 4.47 Å². The minimum Gasteiger partial charge on any atom is -0.448 e. The Kier molecular flexibility index (Phi) is 3.83. The van der Waals surface area contributed by atoms with Gasteiger partial charge in [-0.1, -0.05) is 46.3 Å². The molecule has 0 saturated heterocycles. The summed E-state index contributed by atoms with van der Waals surface area (Å²) in [6.07, 6.45) is 0. The lowest BCUT2D eigenvalue weighted by molar-refractivity contribution is 0.466. The lowest BCUT2D eigenvalue weighted by Crippen LogP contribution is -2.17. The van der Waals surface area contributed by atoms with E-state index in [-0.39, 0.29) is 6.04 Å². The van der Waals surface area contributed by atoms with Crippen LogP contribution >= 0.6 is 27.5 Å². The number of hydrogen-bond donors (Lipinski definition) is 1. The van der Waals surface area contributed by atoms with E-state index in [1.54, 1.807) is 6.07 Å². The fourth-order valence-electron chi connectivity index (χ4n) is 2.47. The zero-order valence-corrected chi connectivity index (χ0v) is 13.2. The monoisotopic (exact) mass is 349 g/mol. The molecule has 0 radical (unpaired) electrons. The third-order valence-electron chi connectivity index (χ3n) is 3.38. The largest absolute Gasteiger partial charge is 0.448 e. The number of hydrogen-bond acceptors (Lipinski definition) is 2. The van der Waals surface area contributed by atoms with Gasteiger partial charge < -0.3 is 9.73 Å². The van der Waals surface area contributed by atoms with Crippen LogP contribution in [0.4, 0.5) is 0 Å². The molecule has 2 aromatic carbocycles. The molecule has 1 heterocycles. The van der Waals surface area contributed by atoms with E-state index in [1.807, 2.05) is 25.2 Å². The average molecular weight is 351 g/mol. The highest BCUT2D eigenvalue weighted by Crippen LogP contribution is 2.33. The van der Waals surface area contributed by atoms with E-state index in [9.17, 15) is 0 Å². The van der Waals surface area contributed by atoms with Gasteiger partial charge in [-0.3, -0.25) is 0 Å². The van der Waals surface area contributed by atoms with Crippen LogP contribution in [-0.4, -0.2) is 7.05 Å². The molecule has 4 heteroatoms. The third-order valence-corrected chi connectivity index (χ3v) is 4.28. The molecule has 1 unspecified atom stereocenters. The van der Waals surface area contributed by atoms with Crippen molar-refractivity contribution in [2.75, 3.05) is 7.05 Å². The zero-order valence-electron chi connectivity index (χ0n) is 10.9. The van der Waals surface area contributed by atoms with Crippen molar-refractivity contribution >= 4 is 38.3 Å². The first-order valence-electron chi connectivity index (χ1n) is 6.30. The molecule has 20 heavy (non-hydrogen) atoms. The quantitative estimate of drug-likeness (QED) is 0.706. The van der Waals surface area contributed by atoms with Crippen LogP contribution in [-0.2, 0) is 0 Å². The average Bonchev–Trinajstić information content (AvgIpc) is 2.89. The van der Waals surface area contributed by atoms with E-state index in [0.29, 0.717) is 5.22 Å². The van der Waals surface area contributed by atoms with Crippen molar-refractivity contribution in [2.45, 2.75) is 6.04 Å². The summed E-state index contributed by atoms with van der Waals surface area (Å²) in [6.45, 7) is 0. The van der Waals surface area contributed by atoms with Crippen molar-refractivity contribution in [3.05, 3.63) is 69.5 Å². The second-order valence-corrected chi connectivity index (χ2v) is 5.77. The van der Waals surface area contributed by atoms with E-state index in [4.69, 9.17) is 16.0 Å². The molecular formula is C16H13BrClNO. The van der Waals surface area contributed by atoms with Crippen LogP contribution in [0.5, 0.6) is 0 Å². The Labute approximate surface area is 130 Å². The van der Waals surface area contributed by atoms with Gasteiger partial charge in [0.2, 0.25) is 0 Å². The molecule has 0 fully saturated rings. The number of benzene rings is 2. The summed E-state index contributed by atoms with van der Waals surface area (Å²) in [5.74, 6) is 0.810. The van der Waals surface area contributed by atoms with Gasteiger partial charge in [0.05, 0.1) is 6.04 Å². The topological polar surface area (TPSA) is 25.2 Å². The number of halogens is 2. The Morgan fingerprint density at radius 3 is 2.45 bits per heavy atom. The molecule has 0 aliphatic heterocycles. The Balaban J connectivity index is 2.20. The molecule has 0 aliphatic rings. The molecule has 0 spiro atoms. The predicted molar refractivity (Wildman–Crippen MR) is 86.3 cm³/mol. The highest BCUT2D eigenvalue weighted by atomic mass is 79.9. The molecule has 3 aromatic rings. The summed E-state index contributed by atoms with van der Waals surface area (Å²) in [5, 5.41) is 6.07. The predicted octanol–water partition coefficient (Wildman–Crippen LogP) is 5.16. The van der Waals surface area contributed by atoms with Crippen LogP contribution in [0.2, 0.25) is 5.22 Å². The van der Waals surface area contributed by atoms with Gasteiger partial charge in [-0.05, 0) is 53.2 Å². The first-order valence-corrected chi connectivity index (χ1v) is 7.47. The minimum atomic E-state index is -0.0273. The SMILES string of the molecule is CNC(c1ccc(Cl)o1)c1ccc(Br)c2ccccc12. The van der Waals surface area contributed by atoms with Crippen molar-refractivity contribution in [2.24, 2.45) is 0 Å². The van der Waals surface area contributed by atoms with Gasteiger partial charge in [0.1, 0.15) is 5.76 Å². The maximum atomic E-state index is 5.89. The summed E-state index contributed by atoms with van der Waals surface area (Å²) in [4.78, 5) is 0. The number of rotatable bonds is 3. The maximum Gasteiger partial charge on any atom is 0.193 e. The van der Waals surface area contributed by atoms with Crippen molar-refractivity contribution < 1.29 is 4.42 Å². The first-order chi connectivity index (χ1) is 9.70. The molecule has 1 atom stereocenters. The van der Waals surface area contributed by atoms with Gasteiger partial charge in [-0.15, -0.1) is 0 Å². The van der Waals surface area contributed by atoms with E-state index < -0.39 is 0 Å². The van der Waals surface area contributed by atoms with Gasteiger partial charge in [-0.25, -0.2) is 0 Å². The van der Waals surface area contributed by atoms with Crippen molar-refractivity contribution in [3.63, 3.8) is 0 Å². The second-order valence-electron chi connectivity index (χ2n) is 4.55. The summed E-state index contributed by atoms with van der Waals surface area (Å²) in [5.41, 5.74) is 1.16. The first kappa shape index (κ1) is 13.7. The third kappa shape index (κ3) is 2.37. The summed E-state index contributed by atoms with van der Waals surface area (Å²) in [6, 6.07) is 16.1. The van der Waals surface area contributed by atoms with Gasteiger partial charge in [0.15, 0.2) is 5.22 Å². The molecule has 0 amide bonds. The maximum absolute atomic E-state index is 5.89. The van der Waals surface area contributed by atoms with Crippen molar-refractivity contribution in [3.8, 4) is 0 Å². The van der Waals surface area contributed by atoms with E-state index in [1.165, 1.54) is 10.8 Å². The van der Waals surface area contributed by atoms with Crippen LogP contribution in [0.1, 0.15) is 17.4 Å². The van der Waals surface area contributed by atoms with Crippen LogP contribution in [0.25, 0.3) is 10.8 Å². The Hall–Kier alpha value is -1.29. The molecule has 3 rings (SSSR count). The molecule has 0 aliphatic carbocycles. The van der Waals surface area contributed by atoms with Crippen LogP contribution in [0, 0.1) is 0 Å². The van der Waals surface area contributed by atoms with Gasteiger partial charge >= 0.3 is 0 Å². The summed E-state index contributed by atoms with van der Waals surface area (Å²) >= 11 is 9.49. The normalized spacial score (nSPS) is 12.8. The lowest BCUT2D eigenvalue weighted by Gasteiger charge is -2.17. The lowest BCUT2D eigenvalue weighted by atomic mass is 9.97. The summed E-state index contributed by atoms with van der Waals surface area (Å²) < 4.78 is 6.65. The molecule has 1 aromatic heterocycles. The molecule has 102 valence electrons. The smallest absolute Gasteiger partial charge is 0.193 e. The van der Waals surface area contributed by atoms with Crippen molar-refractivity contribution in [1.29, 1.82) is 0 Å². The molecular weight excluding hydrogens is 338 g/mol. The van der Waals surface area contributed by atoms with E-state index >= 15 is 0 Å². The molecule has 0 bridgehead atoms. The Bertz CT molecular complexity index is 753. The fraction of sp³-hybridized carbons (Fsp3) is 0.125. The number of furan rings is 1. The molecule has 0 saturated carbocycles. The molecule has 2 nitrogen and oxygen atoms in total. The van der Waals surface area contributed by atoms with E-state index in [0.717, 1.165) is 15.8 Å². The summed E-state index contributed by atoms with van der Waals surface area (Å²) in [7, 11) is 1.91. The highest BCUT2D eigenvalue weighted by Gasteiger charge is 2.18. The zero-order chi connectivity index (χ0) is 14.1. The van der Waals surface area contributed by atoms with Crippen molar-refractivity contribution in [1.82, 2.24) is 5.32 Å². The van der Waals surface area contributed by atoms with Crippen LogP contribution in [0.3, 0.4) is 0 Å². The van der Waals surface area contributed by atoms with Crippen LogP contribution < -0.4 is 5.32 Å². The number of nitrogens with one attached hydrogen (secondary N) is 1. The van der Waals surface area contributed by atoms with Gasteiger partial charge in [0.25, 0.3) is 0 Å². The minimum absolute atomic E-state index is 0.0273. The highest BCUT2D eigenvalue weighted by molar-refractivity contribution is 9.10. The van der Waals surface area contributed by atoms with E-state index in [2.05, 4.69) is 45.5 Å². The Morgan fingerprint density at radius 2 is 1.80 bits per heavy atom.